The molecule has 3 aromatic rings. The first-order valence-electron chi connectivity index (χ1n) is 7.49. The van der Waals surface area contributed by atoms with Gasteiger partial charge in [0.05, 0.1) is 15.7 Å². The predicted molar refractivity (Wildman–Crippen MR) is 90.7 cm³/mol. The molecule has 0 radical (unpaired) electrons. The summed E-state index contributed by atoms with van der Waals surface area (Å²) in [6, 6.07) is 14.2. The fourth-order valence-corrected chi connectivity index (χ4v) is 3.84. The average Bonchev–Trinajstić information content (AvgIpc) is 3.01. The van der Waals surface area contributed by atoms with Gasteiger partial charge in [-0.2, -0.15) is 0 Å². The Hall–Kier alpha value is -2.20. The Labute approximate surface area is 133 Å². The molecule has 1 aliphatic heterocycles. The van der Waals surface area contributed by atoms with E-state index in [1.165, 1.54) is 5.56 Å². The number of nitrogens with zero attached hydrogens (tertiary/aromatic N) is 2. The zero-order chi connectivity index (χ0) is 15.1. The molecule has 0 saturated carbocycles. The number of anilines is 1. The summed E-state index contributed by atoms with van der Waals surface area (Å²) < 4.78 is 1.06. The third-order valence-electron chi connectivity index (χ3n) is 4.32. The van der Waals surface area contributed by atoms with E-state index in [4.69, 9.17) is 0 Å². The zero-order valence-corrected chi connectivity index (χ0v) is 13.1. The van der Waals surface area contributed by atoms with Gasteiger partial charge in [-0.1, -0.05) is 18.2 Å². The van der Waals surface area contributed by atoms with Gasteiger partial charge in [0.2, 0.25) is 0 Å². The lowest BCUT2D eigenvalue weighted by molar-refractivity contribution is 0.0975. The van der Waals surface area contributed by atoms with Gasteiger partial charge in [-0.15, -0.1) is 11.3 Å². The Kier molecular flexibility index (Phi) is 3.19. The minimum absolute atomic E-state index is 0.0787. The van der Waals surface area contributed by atoms with Crippen molar-refractivity contribution in [1.82, 2.24) is 4.98 Å². The van der Waals surface area contributed by atoms with E-state index in [2.05, 4.69) is 18.0 Å². The van der Waals surface area contributed by atoms with E-state index in [0.29, 0.717) is 0 Å². The van der Waals surface area contributed by atoms with Crippen LogP contribution < -0.4 is 4.90 Å². The highest BCUT2D eigenvalue weighted by Gasteiger charge is 2.28. The monoisotopic (exact) mass is 308 g/mol. The molecule has 0 fully saturated rings. The number of fused-ring (bicyclic) bond motifs is 2. The van der Waals surface area contributed by atoms with Crippen LogP contribution in [0, 0.1) is 0 Å². The molecule has 1 atom stereocenters. The Balaban J connectivity index is 1.78. The summed E-state index contributed by atoms with van der Waals surface area (Å²) in [7, 11) is 0. The number of carbonyl (C=O) groups is 1. The normalized spacial score (nSPS) is 17.5. The highest BCUT2D eigenvalue weighted by atomic mass is 32.1. The lowest BCUT2D eigenvalue weighted by Crippen LogP contribution is -2.42. The Bertz CT molecular complexity index is 855. The third-order valence-corrected chi connectivity index (χ3v) is 5.11. The maximum Gasteiger partial charge on any atom is 0.258 e. The van der Waals surface area contributed by atoms with E-state index < -0.39 is 0 Å². The molecule has 0 saturated heterocycles. The second kappa shape index (κ2) is 5.21. The summed E-state index contributed by atoms with van der Waals surface area (Å²) in [6.45, 7) is 2.12. The van der Waals surface area contributed by atoms with Crippen molar-refractivity contribution in [2.45, 2.75) is 25.8 Å². The van der Waals surface area contributed by atoms with Crippen LogP contribution in [0.25, 0.3) is 10.2 Å². The van der Waals surface area contributed by atoms with Crippen LogP contribution in [0.5, 0.6) is 0 Å². The molecule has 1 aromatic heterocycles. The number of aromatic nitrogens is 1. The molecule has 2 aromatic carbocycles. The summed E-state index contributed by atoms with van der Waals surface area (Å²) >= 11 is 1.57. The molecular formula is C18H16N2OS. The molecule has 4 rings (SSSR count). The summed E-state index contributed by atoms with van der Waals surface area (Å²) in [4.78, 5) is 19.3. The van der Waals surface area contributed by atoms with Gasteiger partial charge in [0.25, 0.3) is 5.91 Å². The van der Waals surface area contributed by atoms with E-state index in [0.717, 1.165) is 34.3 Å². The van der Waals surface area contributed by atoms with Crippen LogP contribution in [0.2, 0.25) is 0 Å². The number of para-hydroxylation sites is 1. The van der Waals surface area contributed by atoms with E-state index in [9.17, 15) is 4.79 Å². The summed E-state index contributed by atoms with van der Waals surface area (Å²) in [5.74, 6) is 0.0787. The van der Waals surface area contributed by atoms with E-state index in [-0.39, 0.29) is 11.9 Å². The van der Waals surface area contributed by atoms with Crippen LogP contribution >= 0.6 is 11.3 Å². The molecule has 1 unspecified atom stereocenters. The van der Waals surface area contributed by atoms with Crippen molar-refractivity contribution in [3.63, 3.8) is 0 Å². The Morgan fingerprint density at radius 2 is 2.14 bits per heavy atom. The second-order valence-electron chi connectivity index (χ2n) is 5.73. The van der Waals surface area contributed by atoms with Crippen LogP contribution in [-0.4, -0.2) is 16.9 Å². The van der Waals surface area contributed by atoms with Crippen LogP contribution in [0.3, 0.4) is 0 Å². The molecule has 0 N–H and O–H groups in total. The van der Waals surface area contributed by atoms with Crippen molar-refractivity contribution in [2.24, 2.45) is 0 Å². The van der Waals surface area contributed by atoms with Gasteiger partial charge in [-0.05, 0) is 49.6 Å². The van der Waals surface area contributed by atoms with E-state index in [1.807, 2.05) is 46.8 Å². The Morgan fingerprint density at radius 1 is 1.27 bits per heavy atom. The number of carbonyl (C=O) groups excluding carboxylic acids is 1. The van der Waals surface area contributed by atoms with Crippen molar-refractivity contribution in [1.29, 1.82) is 0 Å². The van der Waals surface area contributed by atoms with Gasteiger partial charge in [-0.3, -0.25) is 4.79 Å². The Morgan fingerprint density at radius 3 is 3.05 bits per heavy atom. The molecular weight excluding hydrogens is 292 g/mol. The second-order valence-corrected chi connectivity index (χ2v) is 6.61. The van der Waals surface area contributed by atoms with Gasteiger partial charge in [0.1, 0.15) is 0 Å². The summed E-state index contributed by atoms with van der Waals surface area (Å²) in [5, 5.41) is 0. The van der Waals surface area contributed by atoms with Crippen molar-refractivity contribution in [3.8, 4) is 0 Å². The molecule has 110 valence electrons. The van der Waals surface area contributed by atoms with Crippen molar-refractivity contribution >= 4 is 33.1 Å². The number of amides is 1. The first kappa shape index (κ1) is 13.5. The molecule has 0 bridgehead atoms. The number of hydrogen-bond donors (Lipinski definition) is 0. The van der Waals surface area contributed by atoms with E-state index >= 15 is 0 Å². The first-order valence-corrected chi connectivity index (χ1v) is 8.37. The van der Waals surface area contributed by atoms with Crippen LogP contribution in [0.1, 0.15) is 29.3 Å². The molecule has 1 aliphatic rings. The van der Waals surface area contributed by atoms with E-state index in [1.54, 1.807) is 11.3 Å². The molecule has 0 aliphatic carbocycles. The number of hydrogen-bond acceptors (Lipinski definition) is 3. The summed E-state index contributed by atoms with van der Waals surface area (Å²) in [6.07, 6.45) is 2.04. The summed E-state index contributed by atoms with van der Waals surface area (Å²) in [5.41, 5.74) is 5.81. The van der Waals surface area contributed by atoms with Crippen LogP contribution in [0.15, 0.2) is 48.0 Å². The van der Waals surface area contributed by atoms with Crippen molar-refractivity contribution < 1.29 is 4.79 Å². The van der Waals surface area contributed by atoms with Gasteiger partial charge in [0.15, 0.2) is 0 Å². The lowest BCUT2D eigenvalue weighted by Gasteiger charge is -2.35. The number of aryl methyl sites for hydroxylation is 1. The van der Waals surface area contributed by atoms with Crippen LogP contribution in [0.4, 0.5) is 5.69 Å². The first-order chi connectivity index (χ1) is 10.7. The third kappa shape index (κ3) is 2.11. The van der Waals surface area contributed by atoms with Gasteiger partial charge < -0.3 is 4.90 Å². The molecule has 0 spiro atoms. The zero-order valence-electron chi connectivity index (χ0n) is 12.3. The molecule has 3 nitrogen and oxygen atoms in total. The fourth-order valence-electron chi connectivity index (χ4n) is 3.12. The molecule has 1 amide bonds. The highest BCUT2D eigenvalue weighted by Crippen LogP contribution is 2.32. The molecule has 22 heavy (non-hydrogen) atoms. The maximum absolute atomic E-state index is 13.0. The van der Waals surface area contributed by atoms with Crippen LogP contribution in [-0.2, 0) is 6.42 Å². The van der Waals surface area contributed by atoms with Gasteiger partial charge in [-0.25, -0.2) is 4.98 Å². The minimum atomic E-state index is 0.0787. The topological polar surface area (TPSA) is 33.2 Å². The number of rotatable bonds is 1. The highest BCUT2D eigenvalue weighted by molar-refractivity contribution is 7.16. The minimum Gasteiger partial charge on any atom is -0.305 e. The number of thiazole rings is 1. The smallest absolute Gasteiger partial charge is 0.258 e. The SMILES string of the molecule is CC1CCc2ccccc2N1C(=O)c1ccc2ncsc2c1. The van der Waals surface area contributed by atoms with Gasteiger partial charge in [0, 0.05) is 17.3 Å². The van der Waals surface area contributed by atoms with Gasteiger partial charge >= 0.3 is 0 Å². The van der Waals surface area contributed by atoms with Crippen molar-refractivity contribution in [2.75, 3.05) is 4.90 Å². The largest absolute Gasteiger partial charge is 0.305 e. The molecule has 4 heteroatoms. The quantitative estimate of drug-likeness (QED) is 0.672. The number of benzene rings is 2. The lowest BCUT2D eigenvalue weighted by atomic mass is 9.96. The fraction of sp³-hybridized carbons (Fsp3) is 0.222. The molecule has 2 heterocycles. The maximum atomic E-state index is 13.0. The van der Waals surface area contributed by atoms with Crippen molar-refractivity contribution in [3.05, 3.63) is 59.1 Å². The predicted octanol–water partition coefficient (Wildman–Crippen LogP) is 4.28. The standard InChI is InChI=1S/C18H16N2OS/c1-12-6-7-13-4-2-3-5-16(13)20(12)18(21)14-8-9-15-17(10-14)22-11-19-15/h2-5,8-12H,6-7H2,1H3. The average molecular weight is 308 g/mol.